The number of piperazine rings is 1. The molecule has 170 valence electrons. The van der Waals surface area contributed by atoms with Crippen LogP contribution >= 0.6 is 0 Å². The Morgan fingerprint density at radius 3 is 2.06 bits per heavy atom. The molecule has 3 aromatic carbocycles. The smallest absolute Gasteiger partial charge is 0.254 e. The van der Waals surface area contributed by atoms with E-state index in [1.54, 1.807) is 0 Å². The number of hydrogen-bond acceptors (Lipinski definition) is 3. The number of rotatable bonds is 8. The minimum Gasteiger partial charge on any atom is -0.489 e. The molecule has 1 aliphatic rings. The average Bonchev–Trinajstić information content (AvgIpc) is 2.88. The van der Waals surface area contributed by atoms with E-state index in [-0.39, 0.29) is 11.8 Å². The summed E-state index contributed by atoms with van der Waals surface area (Å²) in [5.74, 6) is 0.951. The second kappa shape index (κ2) is 11.3. The summed E-state index contributed by atoms with van der Waals surface area (Å²) in [6, 6.07) is 27.4. The monoisotopic (exact) mass is 442 g/mol. The van der Waals surface area contributed by atoms with Crippen LogP contribution in [0.4, 0.5) is 0 Å². The van der Waals surface area contributed by atoms with Crippen LogP contribution in [0.1, 0.15) is 34.3 Å². The molecule has 0 bridgehead atoms. The maximum atomic E-state index is 13.2. The van der Waals surface area contributed by atoms with Gasteiger partial charge in [-0.25, -0.2) is 0 Å². The first kappa shape index (κ1) is 22.6. The molecule has 1 aliphatic heterocycles. The quantitative estimate of drug-likeness (QED) is 0.513. The van der Waals surface area contributed by atoms with Crippen molar-refractivity contribution in [2.45, 2.75) is 25.9 Å². The largest absolute Gasteiger partial charge is 0.489 e. The van der Waals surface area contributed by atoms with Crippen LogP contribution in [0.25, 0.3) is 0 Å². The number of ether oxygens (including phenoxy) is 1. The molecule has 0 saturated carbocycles. The highest BCUT2D eigenvalue weighted by atomic mass is 16.5. The van der Waals surface area contributed by atoms with Crippen LogP contribution in [0.15, 0.2) is 84.9 Å². The Hall–Kier alpha value is -3.60. The Labute approximate surface area is 195 Å². The summed E-state index contributed by atoms with van der Waals surface area (Å²) >= 11 is 0. The SMILES string of the molecule is O=C(CCCc1ccccc1)N1CCN(C(=O)c2ccccc2COc2ccccc2)CC1. The van der Waals surface area contributed by atoms with Gasteiger partial charge in [-0.2, -0.15) is 0 Å². The van der Waals surface area contributed by atoms with Crippen molar-refractivity contribution in [3.05, 3.63) is 102 Å². The van der Waals surface area contributed by atoms with Gasteiger partial charge >= 0.3 is 0 Å². The number of para-hydroxylation sites is 1. The normalized spacial score (nSPS) is 13.6. The Kier molecular flexibility index (Phi) is 7.75. The van der Waals surface area contributed by atoms with E-state index < -0.39 is 0 Å². The van der Waals surface area contributed by atoms with Gasteiger partial charge in [-0.05, 0) is 36.6 Å². The van der Waals surface area contributed by atoms with E-state index in [0.717, 1.165) is 24.2 Å². The molecule has 0 aromatic heterocycles. The number of hydrogen-bond donors (Lipinski definition) is 0. The lowest BCUT2D eigenvalue weighted by atomic mass is 10.1. The number of nitrogens with zero attached hydrogens (tertiary/aromatic N) is 2. The van der Waals surface area contributed by atoms with Crippen molar-refractivity contribution in [3.63, 3.8) is 0 Å². The summed E-state index contributed by atoms with van der Waals surface area (Å²) in [5.41, 5.74) is 2.79. The van der Waals surface area contributed by atoms with Gasteiger partial charge in [-0.15, -0.1) is 0 Å². The fourth-order valence-corrected chi connectivity index (χ4v) is 4.11. The molecule has 5 nitrogen and oxygen atoms in total. The van der Waals surface area contributed by atoms with Crippen molar-refractivity contribution in [1.82, 2.24) is 9.80 Å². The molecule has 2 amide bonds. The highest BCUT2D eigenvalue weighted by molar-refractivity contribution is 5.95. The third-order valence-corrected chi connectivity index (χ3v) is 6.00. The Morgan fingerprint density at radius 1 is 0.727 bits per heavy atom. The lowest BCUT2D eigenvalue weighted by Crippen LogP contribution is -2.50. The minimum absolute atomic E-state index is 0.00145. The molecule has 33 heavy (non-hydrogen) atoms. The Morgan fingerprint density at radius 2 is 1.33 bits per heavy atom. The van der Waals surface area contributed by atoms with Gasteiger partial charge in [-0.3, -0.25) is 9.59 Å². The first-order valence-corrected chi connectivity index (χ1v) is 11.6. The molecule has 0 spiro atoms. The van der Waals surface area contributed by atoms with Gasteiger partial charge in [0.25, 0.3) is 5.91 Å². The predicted molar refractivity (Wildman–Crippen MR) is 129 cm³/mol. The van der Waals surface area contributed by atoms with Gasteiger partial charge in [0.15, 0.2) is 0 Å². The third kappa shape index (κ3) is 6.22. The van der Waals surface area contributed by atoms with Crippen molar-refractivity contribution < 1.29 is 14.3 Å². The molecule has 4 rings (SSSR count). The van der Waals surface area contributed by atoms with Crippen LogP contribution < -0.4 is 4.74 Å². The average molecular weight is 443 g/mol. The molecular weight excluding hydrogens is 412 g/mol. The van der Waals surface area contributed by atoms with E-state index in [1.807, 2.05) is 82.6 Å². The summed E-state index contributed by atoms with van der Waals surface area (Å²) < 4.78 is 5.86. The van der Waals surface area contributed by atoms with Crippen molar-refractivity contribution in [3.8, 4) is 5.75 Å². The molecule has 1 heterocycles. The number of benzene rings is 3. The van der Waals surface area contributed by atoms with Gasteiger partial charge in [0.2, 0.25) is 5.91 Å². The number of amides is 2. The fraction of sp³-hybridized carbons (Fsp3) is 0.286. The van der Waals surface area contributed by atoms with Gasteiger partial charge < -0.3 is 14.5 Å². The van der Waals surface area contributed by atoms with Crippen molar-refractivity contribution in [1.29, 1.82) is 0 Å². The van der Waals surface area contributed by atoms with Crippen LogP contribution in [0.3, 0.4) is 0 Å². The van der Waals surface area contributed by atoms with Crippen LogP contribution in [-0.2, 0) is 17.8 Å². The maximum absolute atomic E-state index is 13.2. The van der Waals surface area contributed by atoms with Crippen molar-refractivity contribution in [2.75, 3.05) is 26.2 Å². The highest BCUT2D eigenvalue weighted by Crippen LogP contribution is 2.18. The third-order valence-electron chi connectivity index (χ3n) is 6.00. The fourth-order valence-electron chi connectivity index (χ4n) is 4.11. The summed E-state index contributed by atoms with van der Waals surface area (Å²) in [5, 5.41) is 0. The first-order valence-electron chi connectivity index (χ1n) is 11.6. The first-order chi connectivity index (χ1) is 16.2. The molecule has 0 unspecified atom stereocenters. The van der Waals surface area contributed by atoms with Crippen LogP contribution in [-0.4, -0.2) is 47.8 Å². The zero-order valence-electron chi connectivity index (χ0n) is 18.9. The predicted octanol–water partition coefficient (Wildman–Crippen LogP) is 4.57. The van der Waals surface area contributed by atoms with E-state index in [4.69, 9.17) is 4.74 Å². The minimum atomic E-state index is -0.00145. The van der Waals surface area contributed by atoms with Crippen LogP contribution in [0.5, 0.6) is 5.75 Å². The van der Waals surface area contributed by atoms with Crippen LogP contribution in [0, 0.1) is 0 Å². The van der Waals surface area contributed by atoms with Crippen molar-refractivity contribution >= 4 is 11.8 Å². The summed E-state index contributed by atoms with van der Waals surface area (Å²) in [6.45, 7) is 2.61. The van der Waals surface area contributed by atoms with E-state index in [9.17, 15) is 9.59 Å². The Bertz CT molecular complexity index is 1050. The molecule has 1 saturated heterocycles. The molecule has 1 fully saturated rings. The van der Waals surface area contributed by atoms with E-state index in [2.05, 4.69) is 12.1 Å². The zero-order valence-corrected chi connectivity index (χ0v) is 18.9. The molecule has 0 N–H and O–H groups in total. The van der Waals surface area contributed by atoms with Gasteiger partial charge in [0.1, 0.15) is 12.4 Å². The number of aryl methyl sites for hydroxylation is 1. The van der Waals surface area contributed by atoms with Gasteiger partial charge in [-0.1, -0.05) is 66.7 Å². The second-order valence-electron chi connectivity index (χ2n) is 8.27. The van der Waals surface area contributed by atoms with E-state index in [1.165, 1.54) is 5.56 Å². The lowest BCUT2D eigenvalue weighted by Gasteiger charge is -2.35. The van der Waals surface area contributed by atoms with E-state index >= 15 is 0 Å². The molecular formula is C28H30N2O3. The van der Waals surface area contributed by atoms with Gasteiger partial charge in [0, 0.05) is 43.7 Å². The summed E-state index contributed by atoms with van der Waals surface area (Å²) in [4.78, 5) is 29.5. The maximum Gasteiger partial charge on any atom is 0.254 e. The van der Waals surface area contributed by atoms with Gasteiger partial charge in [0.05, 0.1) is 0 Å². The highest BCUT2D eigenvalue weighted by Gasteiger charge is 2.25. The van der Waals surface area contributed by atoms with E-state index in [0.29, 0.717) is 44.8 Å². The standard InChI is InChI=1S/C28H30N2O3/c31-27(17-9-12-23-10-3-1-4-11-23)29-18-20-30(21-19-29)28(32)26-16-8-7-13-24(26)22-33-25-14-5-2-6-15-25/h1-8,10-11,13-16H,9,12,17-22H2. The topological polar surface area (TPSA) is 49.9 Å². The number of carbonyl (C=O) groups is 2. The lowest BCUT2D eigenvalue weighted by molar-refractivity contribution is -0.132. The molecule has 0 aliphatic carbocycles. The molecule has 5 heteroatoms. The van der Waals surface area contributed by atoms with Crippen molar-refractivity contribution in [2.24, 2.45) is 0 Å². The Balaban J connectivity index is 1.27. The molecule has 3 aromatic rings. The molecule has 0 atom stereocenters. The summed E-state index contributed by atoms with van der Waals surface area (Å²) in [6.07, 6.45) is 2.30. The molecule has 0 radical (unpaired) electrons. The van der Waals surface area contributed by atoms with Crippen LogP contribution in [0.2, 0.25) is 0 Å². The summed E-state index contributed by atoms with van der Waals surface area (Å²) in [7, 11) is 0. The number of carbonyl (C=O) groups excluding carboxylic acids is 2. The second-order valence-corrected chi connectivity index (χ2v) is 8.27. The zero-order chi connectivity index (χ0) is 22.9.